The molecule has 0 amide bonds. The van der Waals surface area contributed by atoms with Crippen LogP contribution in [0.5, 0.6) is 0 Å². The summed E-state index contributed by atoms with van der Waals surface area (Å²) in [6.45, 7) is 0. The summed E-state index contributed by atoms with van der Waals surface area (Å²) < 4.78 is 38.7. The van der Waals surface area contributed by atoms with E-state index in [1.54, 1.807) is 6.07 Å². The van der Waals surface area contributed by atoms with Gasteiger partial charge in [-0.15, -0.1) is 0 Å². The van der Waals surface area contributed by atoms with Gasteiger partial charge in [-0.25, -0.2) is 0 Å². The number of halogens is 5. The van der Waals surface area contributed by atoms with E-state index in [0.29, 0.717) is 9.86 Å². The molecule has 0 saturated heterocycles. The van der Waals surface area contributed by atoms with Gasteiger partial charge in [-0.05, 0) is 18.2 Å². The molecule has 0 N–H and O–H groups in total. The number of hydrogen-bond donors (Lipinski definition) is 0. The van der Waals surface area contributed by atoms with Crippen molar-refractivity contribution >= 4 is 38.4 Å². The molecule has 84 valence electrons. The number of hydrogen-bond acceptors (Lipinski definition) is 1. The first-order chi connectivity index (χ1) is 7.39. The van der Waals surface area contributed by atoms with Crippen LogP contribution in [0.15, 0.2) is 28.9 Å². The minimum Gasteiger partial charge on any atom is -0.256 e. The predicted molar refractivity (Wildman–Crippen MR) is 59.5 cm³/mol. The first-order valence-corrected chi connectivity index (χ1v) is 5.37. The summed E-state index contributed by atoms with van der Waals surface area (Å²) >= 11 is 8.82. The van der Waals surface area contributed by atoms with Gasteiger partial charge in [-0.3, -0.25) is 4.98 Å². The molecule has 0 aliphatic rings. The average Bonchev–Trinajstić information content (AvgIpc) is 2.17. The second-order valence-electron chi connectivity index (χ2n) is 3.14. The van der Waals surface area contributed by atoms with Gasteiger partial charge in [0.05, 0.1) is 11.1 Å². The molecule has 0 unspecified atom stereocenters. The molecule has 0 radical (unpaired) electrons. The zero-order valence-electron chi connectivity index (χ0n) is 7.65. The van der Waals surface area contributed by atoms with Crippen LogP contribution in [0.3, 0.4) is 0 Å². The van der Waals surface area contributed by atoms with Crippen molar-refractivity contribution in [2.75, 3.05) is 0 Å². The van der Waals surface area contributed by atoms with Gasteiger partial charge in [0, 0.05) is 21.1 Å². The summed E-state index contributed by atoms with van der Waals surface area (Å²) in [5.74, 6) is 0. The Bertz CT molecular complexity index is 553. The van der Waals surface area contributed by atoms with Crippen molar-refractivity contribution in [3.8, 4) is 0 Å². The molecular weight excluding hydrogens is 306 g/mol. The van der Waals surface area contributed by atoms with Crippen LogP contribution in [-0.4, -0.2) is 4.98 Å². The summed E-state index contributed by atoms with van der Waals surface area (Å²) in [6, 6.07) is 3.89. The third-order valence-electron chi connectivity index (χ3n) is 2.06. The quantitative estimate of drug-likeness (QED) is 0.689. The highest BCUT2D eigenvalue weighted by Crippen LogP contribution is 2.37. The smallest absolute Gasteiger partial charge is 0.256 e. The molecule has 16 heavy (non-hydrogen) atoms. The SMILES string of the molecule is FC(F)(F)c1cc(Cl)cc2c(Br)ccnc12. The molecule has 0 atom stereocenters. The topological polar surface area (TPSA) is 12.9 Å². The maximum atomic E-state index is 12.7. The second kappa shape index (κ2) is 3.89. The number of rotatable bonds is 0. The monoisotopic (exact) mass is 309 g/mol. The zero-order valence-corrected chi connectivity index (χ0v) is 9.99. The molecule has 0 aliphatic heterocycles. The molecule has 0 bridgehead atoms. The van der Waals surface area contributed by atoms with Gasteiger partial charge < -0.3 is 0 Å². The molecule has 0 spiro atoms. The Hall–Kier alpha value is -0.810. The third-order valence-corrected chi connectivity index (χ3v) is 2.97. The van der Waals surface area contributed by atoms with Crippen LogP contribution >= 0.6 is 27.5 Å². The first-order valence-electron chi connectivity index (χ1n) is 4.20. The molecule has 1 aromatic carbocycles. The fraction of sp³-hybridized carbons (Fsp3) is 0.100. The van der Waals surface area contributed by atoms with E-state index in [-0.39, 0.29) is 10.5 Å². The predicted octanol–water partition coefficient (Wildman–Crippen LogP) is 4.67. The van der Waals surface area contributed by atoms with Gasteiger partial charge in [0.25, 0.3) is 0 Å². The van der Waals surface area contributed by atoms with E-state index in [9.17, 15) is 13.2 Å². The summed E-state index contributed by atoms with van der Waals surface area (Å²) in [6.07, 6.45) is -3.15. The summed E-state index contributed by atoms with van der Waals surface area (Å²) in [4.78, 5) is 3.74. The Morgan fingerprint density at radius 3 is 2.56 bits per heavy atom. The highest BCUT2D eigenvalue weighted by molar-refractivity contribution is 9.10. The van der Waals surface area contributed by atoms with Gasteiger partial charge in [0.1, 0.15) is 0 Å². The minimum atomic E-state index is -4.46. The number of benzene rings is 1. The zero-order chi connectivity index (χ0) is 11.9. The van der Waals surface area contributed by atoms with Crippen molar-refractivity contribution in [2.24, 2.45) is 0 Å². The molecule has 2 rings (SSSR count). The highest BCUT2D eigenvalue weighted by Gasteiger charge is 2.33. The van der Waals surface area contributed by atoms with E-state index >= 15 is 0 Å². The Balaban J connectivity index is 2.89. The number of fused-ring (bicyclic) bond motifs is 1. The van der Waals surface area contributed by atoms with Gasteiger partial charge in [-0.2, -0.15) is 13.2 Å². The lowest BCUT2D eigenvalue weighted by Gasteiger charge is -2.10. The number of alkyl halides is 3. The molecular formula is C10H4BrClF3N. The average molecular weight is 310 g/mol. The van der Waals surface area contributed by atoms with Gasteiger partial charge in [-0.1, -0.05) is 27.5 Å². The summed E-state index contributed by atoms with van der Waals surface area (Å²) in [5, 5.41) is 0.385. The Morgan fingerprint density at radius 2 is 1.94 bits per heavy atom. The van der Waals surface area contributed by atoms with E-state index in [0.717, 1.165) is 6.07 Å². The van der Waals surface area contributed by atoms with Gasteiger partial charge in [0.2, 0.25) is 0 Å². The van der Waals surface area contributed by atoms with Crippen LogP contribution in [0.2, 0.25) is 5.02 Å². The van der Waals surface area contributed by atoms with Crippen molar-refractivity contribution in [1.82, 2.24) is 4.98 Å². The number of aromatic nitrogens is 1. The lowest BCUT2D eigenvalue weighted by molar-refractivity contribution is -0.136. The van der Waals surface area contributed by atoms with Crippen LogP contribution in [0.4, 0.5) is 13.2 Å². The number of nitrogens with zero attached hydrogens (tertiary/aromatic N) is 1. The Kier molecular flexibility index (Phi) is 2.84. The molecule has 0 fully saturated rings. The van der Waals surface area contributed by atoms with Gasteiger partial charge in [0.15, 0.2) is 0 Å². The molecule has 1 heterocycles. The van der Waals surface area contributed by atoms with Crippen LogP contribution < -0.4 is 0 Å². The van der Waals surface area contributed by atoms with Crippen molar-refractivity contribution in [3.63, 3.8) is 0 Å². The number of pyridine rings is 1. The van der Waals surface area contributed by atoms with E-state index in [4.69, 9.17) is 11.6 Å². The maximum absolute atomic E-state index is 12.7. The lowest BCUT2D eigenvalue weighted by atomic mass is 10.1. The molecule has 2 aromatic rings. The summed E-state index contributed by atoms with van der Waals surface area (Å²) in [5.41, 5.74) is -0.928. The molecule has 1 aromatic heterocycles. The molecule has 0 saturated carbocycles. The van der Waals surface area contributed by atoms with Crippen LogP contribution in [0.1, 0.15) is 5.56 Å². The molecule has 6 heteroatoms. The second-order valence-corrected chi connectivity index (χ2v) is 4.43. The highest BCUT2D eigenvalue weighted by atomic mass is 79.9. The molecule has 1 nitrogen and oxygen atoms in total. The van der Waals surface area contributed by atoms with Gasteiger partial charge >= 0.3 is 6.18 Å². The van der Waals surface area contributed by atoms with Crippen LogP contribution in [0.25, 0.3) is 10.9 Å². The maximum Gasteiger partial charge on any atom is 0.418 e. The Morgan fingerprint density at radius 1 is 1.25 bits per heavy atom. The third kappa shape index (κ3) is 2.01. The van der Waals surface area contributed by atoms with E-state index in [1.807, 2.05) is 0 Å². The normalized spacial score (nSPS) is 12.1. The first kappa shape index (κ1) is 11.7. The van der Waals surface area contributed by atoms with Crippen molar-refractivity contribution in [3.05, 3.63) is 39.5 Å². The van der Waals surface area contributed by atoms with E-state index < -0.39 is 11.7 Å². The van der Waals surface area contributed by atoms with E-state index in [1.165, 1.54) is 12.3 Å². The lowest BCUT2D eigenvalue weighted by Crippen LogP contribution is -2.06. The van der Waals surface area contributed by atoms with E-state index in [2.05, 4.69) is 20.9 Å². The van der Waals surface area contributed by atoms with Crippen molar-refractivity contribution in [2.45, 2.75) is 6.18 Å². The fourth-order valence-corrected chi connectivity index (χ4v) is 2.04. The van der Waals surface area contributed by atoms with Crippen molar-refractivity contribution in [1.29, 1.82) is 0 Å². The van der Waals surface area contributed by atoms with Crippen molar-refractivity contribution < 1.29 is 13.2 Å². The molecule has 0 aliphatic carbocycles. The van der Waals surface area contributed by atoms with Crippen LogP contribution in [0, 0.1) is 0 Å². The largest absolute Gasteiger partial charge is 0.418 e. The van der Waals surface area contributed by atoms with Crippen LogP contribution in [-0.2, 0) is 6.18 Å². The Labute approximate surface area is 102 Å². The summed E-state index contributed by atoms with van der Waals surface area (Å²) in [7, 11) is 0. The fourth-order valence-electron chi connectivity index (χ4n) is 1.40. The minimum absolute atomic E-state index is 0.0357. The standard InChI is InChI=1S/C10H4BrClF3N/c11-8-1-2-16-9-6(8)3-5(12)4-7(9)10(13,14)15/h1-4H.